The van der Waals surface area contributed by atoms with E-state index in [0.29, 0.717) is 0 Å². The molecule has 0 aliphatic carbocycles. The third kappa shape index (κ3) is 2.29. The predicted octanol–water partition coefficient (Wildman–Crippen LogP) is 1.39. The summed E-state index contributed by atoms with van der Waals surface area (Å²) >= 11 is 0. The van der Waals surface area contributed by atoms with E-state index in [9.17, 15) is 25.0 Å². The SMILES string of the molecule is O=C(O)c1cnn(-c2ccc([N+](=O)[O-])cc2[N+](=O)[O-])c1. The maximum Gasteiger partial charge on any atom is 0.338 e. The standard InChI is InChI=1S/C10H6N4O6/c15-10(16)6-4-11-12(5-6)8-2-1-7(13(17)18)3-9(8)14(19)20/h1-5H,(H,15,16). The molecule has 0 aliphatic heterocycles. The molecule has 0 saturated heterocycles. The number of hydrogen-bond donors (Lipinski definition) is 1. The second-order valence-corrected chi connectivity index (χ2v) is 3.67. The molecule has 2 aromatic rings. The van der Waals surface area contributed by atoms with Crippen LogP contribution in [0.15, 0.2) is 30.6 Å². The number of non-ortho nitro benzene ring substituents is 1. The van der Waals surface area contributed by atoms with Crippen molar-refractivity contribution in [2.45, 2.75) is 0 Å². The number of nitrogens with zero attached hydrogens (tertiary/aromatic N) is 4. The molecule has 0 saturated carbocycles. The largest absolute Gasteiger partial charge is 0.478 e. The average molecular weight is 278 g/mol. The van der Waals surface area contributed by atoms with Gasteiger partial charge in [-0.1, -0.05) is 0 Å². The highest BCUT2D eigenvalue weighted by Crippen LogP contribution is 2.27. The van der Waals surface area contributed by atoms with Crippen molar-refractivity contribution >= 4 is 17.3 Å². The Hall–Kier alpha value is -3.30. The third-order valence-corrected chi connectivity index (χ3v) is 2.44. The van der Waals surface area contributed by atoms with E-state index in [1.54, 1.807) is 0 Å². The Morgan fingerprint density at radius 1 is 1.25 bits per heavy atom. The van der Waals surface area contributed by atoms with E-state index < -0.39 is 27.2 Å². The summed E-state index contributed by atoms with van der Waals surface area (Å²) in [4.78, 5) is 30.7. The van der Waals surface area contributed by atoms with Gasteiger partial charge < -0.3 is 5.11 Å². The molecule has 0 spiro atoms. The van der Waals surface area contributed by atoms with Gasteiger partial charge in [0.2, 0.25) is 0 Å². The van der Waals surface area contributed by atoms with E-state index in [1.807, 2.05) is 0 Å². The van der Waals surface area contributed by atoms with Crippen LogP contribution in [0.3, 0.4) is 0 Å². The summed E-state index contributed by atoms with van der Waals surface area (Å²) in [7, 11) is 0. The van der Waals surface area contributed by atoms with Gasteiger partial charge in [0.1, 0.15) is 5.69 Å². The normalized spacial score (nSPS) is 10.2. The number of carboxylic acid groups (broad SMARTS) is 1. The van der Waals surface area contributed by atoms with Gasteiger partial charge in [-0.15, -0.1) is 0 Å². The fourth-order valence-electron chi connectivity index (χ4n) is 1.53. The molecule has 10 nitrogen and oxygen atoms in total. The first-order valence-corrected chi connectivity index (χ1v) is 5.11. The smallest absolute Gasteiger partial charge is 0.338 e. The lowest BCUT2D eigenvalue weighted by atomic mass is 10.2. The summed E-state index contributed by atoms with van der Waals surface area (Å²) in [5.74, 6) is -1.24. The molecule has 1 heterocycles. The molecule has 0 atom stereocenters. The number of aromatic nitrogens is 2. The second-order valence-electron chi connectivity index (χ2n) is 3.67. The molecule has 20 heavy (non-hydrogen) atoms. The van der Waals surface area contributed by atoms with Crippen LogP contribution >= 0.6 is 0 Å². The monoisotopic (exact) mass is 278 g/mol. The zero-order valence-corrected chi connectivity index (χ0v) is 9.66. The summed E-state index contributed by atoms with van der Waals surface area (Å²) in [6.45, 7) is 0. The lowest BCUT2D eigenvalue weighted by molar-refractivity contribution is -0.394. The van der Waals surface area contributed by atoms with Gasteiger partial charge in [0, 0.05) is 12.3 Å². The van der Waals surface area contributed by atoms with Crippen LogP contribution in [0.1, 0.15) is 10.4 Å². The number of nitro benzene ring substituents is 2. The van der Waals surface area contributed by atoms with Crippen LogP contribution in [0.25, 0.3) is 5.69 Å². The molecule has 1 N–H and O–H groups in total. The van der Waals surface area contributed by atoms with Crippen LogP contribution in [0.5, 0.6) is 0 Å². The van der Waals surface area contributed by atoms with Gasteiger partial charge in [-0.05, 0) is 6.07 Å². The number of aromatic carboxylic acids is 1. The molecule has 1 aromatic carbocycles. The van der Waals surface area contributed by atoms with Gasteiger partial charge in [0.05, 0.1) is 27.7 Å². The molecule has 0 amide bonds. The highest BCUT2D eigenvalue weighted by Gasteiger charge is 2.21. The van der Waals surface area contributed by atoms with E-state index in [4.69, 9.17) is 5.11 Å². The molecule has 0 bridgehead atoms. The Kier molecular flexibility index (Phi) is 3.13. The number of nitro groups is 2. The minimum absolute atomic E-state index is 0.0619. The van der Waals surface area contributed by atoms with Gasteiger partial charge in [-0.25, -0.2) is 9.48 Å². The first-order valence-electron chi connectivity index (χ1n) is 5.11. The zero-order valence-electron chi connectivity index (χ0n) is 9.66. The molecule has 0 unspecified atom stereocenters. The number of benzene rings is 1. The van der Waals surface area contributed by atoms with E-state index in [1.165, 1.54) is 0 Å². The van der Waals surface area contributed by atoms with E-state index >= 15 is 0 Å². The Bertz CT molecular complexity index is 722. The highest BCUT2D eigenvalue weighted by molar-refractivity contribution is 5.87. The Labute approximate surface area is 110 Å². The molecule has 0 radical (unpaired) electrons. The molecule has 0 fully saturated rings. The molecule has 2 rings (SSSR count). The highest BCUT2D eigenvalue weighted by atomic mass is 16.6. The van der Waals surface area contributed by atoms with E-state index in [-0.39, 0.29) is 11.3 Å². The van der Waals surface area contributed by atoms with Crippen LogP contribution in [0, 0.1) is 20.2 Å². The van der Waals surface area contributed by atoms with E-state index in [2.05, 4.69) is 5.10 Å². The van der Waals surface area contributed by atoms with Gasteiger partial charge >= 0.3 is 11.7 Å². The summed E-state index contributed by atoms with van der Waals surface area (Å²) in [5, 5.41) is 34.0. The molecule has 10 heteroatoms. The summed E-state index contributed by atoms with van der Waals surface area (Å²) < 4.78 is 0.977. The molecule has 1 aromatic heterocycles. The van der Waals surface area contributed by atoms with Crippen molar-refractivity contribution in [1.82, 2.24) is 9.78 Å². The minimum Gasteiger partial charge on any atom is -0.478 e. The fourth-order valence-corrected chi connectivity index (χ4v) is 1.53. The quantitative estimate of drug-likeness (QED) is 0.657. The Morgan fingerprint density at radius 2 is 1.95 bits per heavy atom. The van der Waals surface area contributed by atoms with Gasteiger partial charge in [-0.2, -0.15) is 5.10 Å². The second kappa shape index (κ2) is 4.76. The van der Waals surface area contributed by atoms with Crippen molar-refractivity contribution in [2.75, 3.05) is 0 Å². The average Bonchev–Trinajstić information content (AvgIpc) is 2.87. The van der Waals surface area contributed by atoms with Crippen molar-refractivity contribution in [1.29, 1.82) is 0 Å². The van der Waals surface area contributed by atoms with Gasteiger partial charge in [-0.3, -0.25) is 20.2 Å². The van der Waals surface area contributed by atoms with Crippen LogP contribution in [-0.4, -0.2) is 30.7 Å². The Balaban J connectivity index is 2.57. The minimum atomic E-state index is -1.24. The van der Waals surface area contributed by atoms with Crippen LogP contribution in [0.2, 0.25) is 0 Å². The summed E-state index contributed by atoms with van der Waals surface area (Å²) in [5.41, 5.74) is -1.20. The van der Waals surface area contributed by atoms with Crippen molar-refractivity contribution in [3.8, 4) is 5.69 Å². The van der Waals surface area contributed by atoms with Crippen molar-refractivity contribution in [2.24, 2.45) is 0 Å². The number of carbonyl (C=O) groups is 1. The van der Waals surface area contributed by atoms with Crippen molar-refractivity contribution in [3.05, 3.63) is 56.4 Å². The zero-order chi connectivity index (χ0) is 14.9. The topological polar surface area (TPSA) is 141 Å². The van der Waals surface area contributed by atoms with Crippen LogP contribution in [0.4, 0.5) is 11.4 Å². The third-order valence-electron chi connectivity index (χ3n) is 2.44. The van der Waals surface area contributed by atoms with Crippen LogP contribution < -0.4 is 0 Å². The first-order chi connectivity index (χ1) is 9.40. The van der Waals surface area contributed by atoms with Crippen LogP contribution in [-0.2, 0) is 0 Å². The predicted molar refractivity (Wildman–Crippen MR) is 63.8 cm³/mol. The first kappa shape index (κ1) is 13.1. The number of carboxylic acids is 1. The number of rotatable bonds is 4. The van der Waals surface area contributed by atoms with Gasteiger partial charge in [0.15, 0.2) is 0 Å². The van der Waals surface area contributed by atoms with Crippen molar-refractivity contribution < 1.29 is 19.7 Å². The number of hydrogen-bond acceptors (Lipinski definition) is 6. The maximum atomic E-state index is 10.9. The van der Waals surface area contributed by atoms with Crippen molar-refractivity contribution in [3.63, 3.8) is 0 Å². The maximum absolute atomic E-state index is 10.9. The van der Waals surface area contributed by atoms with Gasteiger partial charge in [0.25, 0.3) is 5.69 Å². The lowest BCUT2D eigenvalue weighted by Gasteiger charge is -2.02. The van der Waals surface area contributed by atoms with E-state index in [0.717, 1.165) is 35.3 Å². The lowest BCUT2D eigenvalue weighted by Crippen LogP contribution is -2.02. The molecule has 0 aliphatic rings. The fraction of sp³-hybridized carbons (Fsp3) is 0. The molecule has 102 valence electrons. The molecular weight excluding hydrogens is 272 g/mol. The Morgan fingerprint density at radius 3 is 2.45 bits per heavy atom. The molecular formula is C10H6N4O6. The summed E-state index contributed by atoms with van der Waals surface area (Å²) in [6, 6.07) is 3.00. The summed E-state index contributed by atoms with van der Waals surface area (Å²) in [6.07, 6.45) is 2.10.